The van der Waals surface area contributed by atoms with Gasteiger partial charge in [0.05, 0.1) is 24.3 Å². The number of likely N-dealkylation sites (N-methyl/N-ethyl adjacent to an activating group) is 1. The molecule has 0 saturated heterocycles. The Morgan fingerprint density at radius 1 is 1.29 bits per heavy atom. The lowest BCUT2D eigenvalue weighted by molar-refractivity contribution is -0.142. The van der Waals surface area contributed by atoms with E-state index in [1.807, 2.05) is 0 Å². The molecule has 0 spiro atoms. The molecule has 4 N–H and O–H groups in total. The minimum Gasteiger partial charge on any atom is -0.493 e. The number of rotatable bonds is 11. The third-order valence-corrected chi connectivity index (χ3v) is 5.65. The number of nitrogens with two attached hydrogens (primary N) is 1. The highest BCUT2D eigenvalue weighted by Gasteiger charge is 2.20. The van der Waals surface area contributed by atoms with Gasteiger partial charge in [-0.15, -0.1) is 0 Å². The van der Waals surface area contributed by atoms with Crippen molar-refractivity contribution in [1.82, 2.24) is 14.9 Å². The van der Waals surface area contributed by atoms with Crippen LogP contribution in [0.1, 0.15) is 18.9 Å². The summed E-state index contributed by atoms with van der Waals surface area (Å²) in [5.41, 5.74) is 7.15. The zero-order chi connectivity index (χ0) is 24.8. The number of hydrogen-bond donors (Lipinski definition) is 3. The molecule has 2 aromatic carbocycles. The molecule has 3 aromatic rings. The van der Waals surface area contributed by atoms with Gasteiger partial charge >= 0.3 is 5.97 Å². The highest BCUT2D eigenvalue weighted by molar-refractivity contribution is 6.31. The van der Waals surface area contributed by atoms with Crippen LogP contribution < -0.4 is 20.5 Å². The Bertz CT molecular complexity index is 1180. The Kier molecular flexibility index (Phi) is 8.43. The number of nitrogens with one attached hydrogen (secondary N) is 1. The second kappa shape index (κ2) is 11.3. The zero-order valence-corrected chi connectivity index (χ0v) is 19.9. The predicted molar refractivity (Wildman–Crippen MR) is 129 cm³/mol. The number of hydrogen-bond acceptors (Lipinski definition) is 8. The molecule has 11 heteroatoms. The summed E-state index contributed by atoms with van der Waals surface area (Å²) in [5.74, 6) is -0.123. The van der Waals surface area contributed by atoms with Gasteiger partial charge < -0.3 is 25.6 Å². The summed E-state index contributed by atoms with van der Waals surface area (Å²) >= 11 is 6.05. The van der Waals surface area contributed by atoms with Gasteiger partial charge in [-0.2, -0.15) is 0 Å². The van der Waals surface area contributed by atoms with Crippen LogP contribution in [0.25, 0.3) is 10.9 Å². The largest absolute Gasteiger partial charge is 0.493 e. The average molecular weight is 492 g/mol. The number of anilines is 2. The summed E-state index contributed by atoms with van der Waals surface area (Å²) in [5, 5.41) is 13.1. The molecule has 34 heavy (non-hydrogen) atoms. The number of aromatic nitrogens is 2. The zero-order valence-electron chi connectivity index (χ0n) is 19.1. The lowest BCUT2D eigenvalue weighted by Crippen LogP contribution is -2.35. The maximum Gasteiger partial charge on any atom is 0.320 e. The van der Waals surface area contributed by atoms with Crippen LogP contribution in [0.2, 0.25) is 5.02 Å². The molecule has 1 atom stereocenters. The molecule has 0 amide bonds. The molecule has 0 radical (unpaired) electrons. The topological polar surface area (TPSA) is 123 Å². The van der Waals surface area contributed by atoms with Crippen molar-refractivity contribution >= 4 is 40.0 Å². The Balaban J connectivity index is 2.02. The smallest absolute Gasteiger partial charge is 0.320 e. The molecule has 0 saturated carbocycles. The van der Waals surface area contributed by atoms with Gasteiger partial charge in [-0.05, 0) is 50.7 Å². The van der Waals surface area contributed by atoms with Gasteiger partial charge in [-0.1, -0.05) is 11.6 Å². The molecular weight excluding hydrogens is 465 g/mol. The fourth-order valence-electron chi connectivity index (χ4n) is 3.26. The van der Waals surface area contributed by atoms with Crippen molar-refractivity contribution < 1.29 is 23.8 Å². The normalized spacial score (nSPS) is 12.1. The van der Waals surface area contributed by atoms with E-state index >= 15 is 0 Å². The molecular formula is C23H27ClFN5O4. The van der Waals surface area contributed by atoms with Gasteiger partial charge in [0, 0.05) is 23.7 Å². The standard InChI is InChI=1S/C23H27ClFN5O4/c1-13(23(31)32)30(2)11-14-7-17(25)16(24)9-18(14)29-22-15-8-21(34-6-4-5-26)20(33-3)10-19(15)27-12-28-22/h7-10,12-13H,4-6,11,26H2,1-3H3,(H,31,32)(H,27,28,29)/t13-/m1/s1. The molecule has 1 heterocycles. The number of carboxylic acid groups (broad SMARTS) is 1. The fourth-order valence-corrected chi connectivity index (χ4v) is 3.42. The Morgan fingerprint density at radius 2 is 2.06 bits per heavy atom. The molecule has 0 aliphatic heterocycles. The van der Waals surface area contributed by atoms with E-state index < -0.39 is 17.8 Å². The first-order valence-corrected chi connectivity index (χ1v) is 11.0. The van der Waals surface area contributed by atoms with Crippen molar-refractivity contribution in [3.05, 3.63) is 47.0 Å². The van der Waals surface area contributed by atoms with Crippen molar-refractivity contribution in [2.24, 2.45) is 5.73 Å². The van der Waals surface area contributed by atoms with Gasteiger partial charge in [0.2, 0.25) is 0 Å². The van der Waals surface area contributed by atoms with E-state index in [0.717, 1.165) is 0 Å². The first-order valence-electron chi connectivity index (χ1n) is 10.6. The molecule has 0 fully saturated rings. The number of ether oxygens (including phenoxy) is 2. The molecule has 0 unspecified atom stereocenters. The molecule has 0 aliphatic carbocycles. The predicted octanol–water partition coefficient (Wildman–Crippen LogP) is 3.81. The van der Waals surface area contributed by atoms with Crippen LogP contribution in [0, 0.1) is 5.82 Å². The van der Waals surface area contributed by atoms with E-state index in [0.29, 0.717) is 59.0 Å². The summed E-state index contributed by atoms with van der Waals surface area (Å²) in [6, 6.07) is 5.45. The summed E-state index contributed by atoms with van der Waals surface area (Å²) in [4.78, 5) is 21.6. The maximum atomic E-state index is 14.3. The van der Waals surface area contributed by atoms with Crippen molar-refractivity contribution in [3.63, 3.8) is 0 Å². The van der Waals surface area contributed by atoms with Gasteiger partial charge in [0.25, 0.3) is 0 Å². The van der Waals surface area contributed by atoms with Crippen LogP contribution >= 0.6 is 11.6 Å². The Morgan fingerprint density at radius 3 is 2.74 bits per heavy atom. The summed E-state index contributed by atoms with van der Waals surface area (Å²) < 4.78 is 25.5. The van der Waals surface area contributed by atoms with Gasteiger partial charge in [0.15, 0.2) is 11.5 Å². The van der Waals surface area contributed by atoms with E-state index in [4.69, 9.17) is 26.8 Å². The molecule has 0 bridgehead atoms. The van der Waals surface area contributed by atoms with Gasteiger partial charge in [-0.25, -0.2) is 14.4 Å². The van der Waals surface area contributed by atoms with Crippen LogP contribution in [-0.2, 0) is 11.3 Å². The summed E-state index contributed by atoms with van der Waals surface area (Å²) in [6.45, 7) is 2.63. The van der Waals surface area contributed by atoms with Crippen LogP contribution in [0.5, 0.6) is 11.5 Å². The highest BCUT2D eigenvalue weighted by atomic mass is 35.5. The lowest BCUT2D eigenvalue weighted by Gasteiger charge is -2.23. The second-order valence-corrected chi connectivity index (χ2v) is 8.12. The first-order chi connectivity index (χ1) is 16.2. The number of nitrogens with zero attached hydrogens (tertiary/aromatic N) is 3. The van der Waals surface area contributed by atoms with Gasteiger partial charge in [-0.3, -0.25) is 9.69 Å². The summed E-state index contributed by atoms with van der Waals surface area (Å²) in [7, 11) is 3.19. The molecule has 9 nitrogen and oxygen atoms in total. The lowest BCUT2D eigenvalue weighted by atomic mass is 10.1. The van der Waals surface area contributed by atoms with Crippen molar-refractivity contribution in [3.8, 4) is 11.5 Å². The van der Waals surface area contributed by atoms with E-state index in [1.165, 1.54) is 18.5 Å². The molecule has 0 aliphatic rings. The fraction of sp³-hybridized carbons (Fsp3) is 0.348. The van der Waals surface area contributed by atoms with Crippen molar-refractivity contribution in [2.45, 2.75) is 25.9 Å². The number of aliphatic carboxylic acids is 1. The average Bonchev–Trinajstić information content (AvgIpc) is 2.81. The molecule has 1 aromatic heterocycles. The van der Waals surface area contributed by atoms with Crippen molar-refractivity contribution in [2.75, 3.05) is 32.6 Å². The van der Waals surface area contributed by atoms with E-state index in [1.54, 1.807) is 38.1 Å². The monoisotopic (exact) mass is 491 g/mol. The minimum atomic E-state index is -0.982. The number of carbonyl (C=O) groups is 1. The third kappa shape index (κ3) is 5.82. The van der Waals surface area contributed by atoms with Crippen LogP contribution in [0.3, 0.4) is 0 Å². The SMILES string of the molecule is COc1cc2ncnc(Nc3cc(Cl)c(F)cc3CN(C)[C@H](C)C(=O)O)c2cc1OCCCN. The first kappa shape index (κ1) is 25.4. The third-order valence-electron chi connectivity index (χ3n) is 5.36. The molecule has 3 rings (SSSR count). The number of halogens is 2. The van der Waals surface area contributed by atoms with Crippen molar-refractivity contribution in [1.29, 1.82) is 0 Å². The highest BCUT2D eigenvalue weighted by Crippen LogP contribution is 2.36. The number of fused-ring (bicyclic) bond motifs is 1. The summed E-state index contributed by atoms with van der Waals surface area (Å²) in [6.07, 6.45) is 2.07. The molecule has 182 valence electrons. The van der Waals surface area contributed by atoms with Crippen LogP contribution in [0.4, 0.5) is 15.9 Å². The van der Waals surface area contributed by atoms with Crippen LogP contribution in [-0.4, -0.2) is 59.3 Å². The Labute approximate surface area is 201 Å². The number of methoxy groups -OCH3 is 1. The second-order valence-electron chi connectivity index (χ2n) is 7.71. The van der Waals surface area contributed by atoms with E-state index in [2.05, 4.69) is 15.3 Å². The number of carboxylic acids is 1. The number of benzene rings is 2. The van der Waals surface area contributed by atoms with Crippen LogP contribution in [0.15, 0.2) is 30.6 Å². The van der Waals surface area contributed by atoms with Gasteiger partial charge in [0.1, 0.15) is 24.0 Å². The maximum absolute atomic E-state index is 14.3. The van der Waals surface area contributed by atoms with E-state index in [9.17, 15) is 14.3 Å². The Hall–Kier alpha value is -3.21. The minimum absolute atomic E-state index is 0.0778. The van der Waals surface area contributed by atoms with E-state index in [-0.39, 0.29) is 11.6 Å². The quantitative estimate of drug-likeness (QED) is 0.343.